The van der Waals surface area contributed by atoms with Crippen LogP contribution in [-0.4, -0.2) is 76.8 Å². The Balaban J connectivity index is 0.00000417. The Morgan fingerprint density at radius 2 is 1.52 bits per heavy atom. The highest BCUT2D eigenvalue weighted by Gasteiger charge is 2.27. The van der Waals surface area contributed by atoms with E-state index in [1.54, 1.807) is 0 Å². The number of ether oxygens (including phenoxy) is 5. The summed E-state index contributed by atoms with van der Waals surface area (Å²) >= 11 is 0. The average Bonchev–Trinajstić information content (AvgIpc) is 3.10. The number of fused-ring (bicyclic) bond motifs is 1. The molecule has 0 saturated carbocycles. The first-order valence-corrected chi connectivity index (χ1v) is 16.4. The lowest BCUT2D eigenvalue weighted by Crippen LogP contribution is -2.40. The van der Waals surface area contributed by atoms with Crippen molar-refractivity contribution in [1.29, 1.82) is 0 Å². The number of benzene rings is 4. The molecule has 4 aromatic rings. The lowest BCUT2D eigenvalue weighted by Gasteiger charge is -2.32. The van der Waals surface area contributed by atoms with Crippen molar-refractivity contribution < 1.29 is 23.7 Å². The second-order valence-electron chi connectivity index (χ2n) is 11.9. The van der Waals surface area contributed by atoms with Gasteiger partial charge in [0.2, 0.25) is 0 Å². The van der Waals surface area contributed by atoms with Crippen molar-refractivity contribution in [2.45, 2.75) is 38.1 Å². The van der Waals surface area contributed by atoms with Gasteiger partial charge in [0.05, 0.1) is 45.7 Å². The highest BCUT2D eigenvalue weighted by atomic mass is 35.5. The molecule has 4 aromatic carbocycles. The van der Waals surface area contributed by atoms with E-state index in [9.17, 15) is 0 Å². The van der Waals surface area contributed by atoms with Gasteiger partial charge in [-0.1, -0.05) is 60.7 Å². The van der Waals surface area contributed by atoms with Gasteiger partial charge in [0.1, 0.15) is 18.1 Å². The van der Waals surface area contributed by atoms with Crippen LogP contribution in [0.5, 0.6) is 11.5 Å². The van der Waals surface area contributed by atoms with Crippen LogP contribution in [-0.2, 0) is 27.4 Å². The van der Waals surface area contributed by atoms with Gasteiger partial charge < -0.3 is 29.0 Å². The maximum Gasteiger partial charge on any atom is 0.120 e. The molecule has 2 fully saturated rings. The SMILES string of the molecule is Cl.c1ccc(COCCCOc2ccc(C3CCNCC3OCc3ccc4ccc(OCCN5CCOCC5)cc4c3)cc2)cc1. The molecular weight excluding hydrogens is 600 g/mol. The molecule has 0 bridgehead atoms. The number of nitrogens with one attached hydrogen (secondary N) is 1. The van der Waals surface area contributed by atoms with Gasteiger partial charge in [-0.15, -0.1) is 12.4 Å². The van der Waals surface area contributed by atoms with Gasteiger partial charge in [0, 0.05) is 38.5 Å². The molecule has 2 unspecified atom stereocenters. The predicted molar refractivity (Wildman–Crippen MR) is 185 cm³/mol. The molecule has 7 nitrogen and oxygen atoms in total. The van der Waals surface area contributed by atoms with Gasteiger partial charge in [-0.3, -0.25) is 4.90 Å². The van der Waals surface area contributed by atoms with Crippen LogP contribution in [0.15, 0.2) is 91.0 Å². The predicted octanol–water partition coefficient (Wildman–Crippen LogP) is 6.62. The second kappa shape index (κ2) is 18.2. The summed E-state index contributed by atoms with van der Waals surface area (Å²) in [6, 6.07) is 31.8. The highest BCUT2D eigenvalue weighted by Crippen LogP contribution is 2.30. The molecule has 2 heterocycles. The van der Waals surface area contributed by atoms with Crippen LogP contribution in [0.25, 0.3) is 10.8 Å². The zero-order valence-corrected chi connectivity index (χ0v) is 27.4. The van der Waals surface area contributed by atoms with E-state index >= 15 is 0 Å². The third-order valence-corrected chi connectivity index (χ3v) is 8.67. The molecule has 46 heavy (non-hydrogen) atoms. The minimum absolute atomic E-state index is 0. The van der Waals surface area contributed by atoms with Crippen molar-refractivity contribution in [3.05, 3.63) is 108 Å². The Morgan fingerprint density at radius 3 is 2.37 bits per heavy atom. The molecule has 2 saturated heterocycles. The maximum absolute atomic E-state index is 6.56. The van der Waals surface area contributed by atoms with Crippen molar-refractivity contribution in [2.75, 3.05) is 65.8 Å². The third-order valence-electron chi connectivity index (χ3n) is 8.67. The number of rotatable bonds is 15. The van der Waals surface area contributed by atoms with E-state index in [1.807, 2.05) is 18.2 Å². The van der Waals surface area contributed by atoms with E-state index in [0.29, 0.717) is 39.0 Å². The van der Waals surface area contributed by atoms with Crippen molar-refractivity contribution in [3.8, 4) is 11.5 Å². The van der Waals surface area contributed by atoms with Crippen LogP contribution in [0, 0.1) is 0 Å². The van der Waals surface area contributed by atoms with Crippen molar-refractivity contribution in [3.63, 3.8) is 0 Å². The molecule has 2 aliphatic heterocycles. The zero-order chi connectivity index (χ0) is 30.5. The molecule has 0 aliphatic carbocycles. The van der Waals surface area contributed by atoms with Crippen LogP contribution < -0.4 is 14.8 Å². The summed E-state index contributed by atoms with van der Waals surface area (Å²) in [7, 11) is 0. The summed E-state index contributed by atoms with van der Waals surface area (Å²) in [5.74, 6) is 2.15. The summed E-state index contributed by atoms with van der Waals surface area (Å²) < 4.78 is 29.9. The Labute approximate surface area is 279 Å². The maximum atomic E-state index is 6.56. The molecule has 246 valence electrons. The van der Waals surface area contributed by atoms with Gasteiger partial charge in [-0.05, 0) is 70.8 Å². The third kappa shape index (κ3) is 10.2. The second-order valence-corrected chi connectivity index (χ2v) is 11.9. The van der Waals surface area contributed by atoms with E-state index in [-0.39, 0.29) is 18.5 Å². The molecule has 8 heteroatoms. The smallest absolute Gasteiger partial charge is 0.120 e. The minimum atomic E-state index is 0. The van der Waals surface area contributed by atoms with Crippen molar-refractivity contribution >= 4 is 23.2 Å². The molecule has 0 amide bonds. The summed E-state index contributed by atoms with van der Waals surface area (Å²) in [6.45, 7) is 9.58. The number of hydrogen-bond acceptors (Lipinski definition) is 7. The number of nitrogens with zero attached hydrogens (tertiary/aromatic N) is 1. The van der Waals surface area contributed by atoms with Crippen LogP contribution in [0.4, 0.5) is 0 Å². The van der Waals surface area contributed by atoms with Gasteiger partial charge in [0.15, 0.2) is 0 Å². The summed E-state index contributed by atoms with van der Waals surface area (Å²) in [6.07, 6.45) is 2.02. The molecule has 2 aliphatic rings. The fraction of sp³-hybridized carbons (Fsp3) is 0.421. The van der Waals surface area contributed by atoms with Gasteiger partial charge in [-0.2, -0.15) is 0 Å². The Bertz CT molecular complexity index is 1450. The first-order valence-electron chi connectivity index (χ1n) is 16.4. The van der Waals surface area contributed by atoms with E-state index in [0.717, 1.165) is 70.3 Å². The highest BCUT2D eigenvalue weighted by molar-refractivity contribution is 5.85. The first-order chi connectivity index (χ1) is 22.3. The van der Waals surface area contributed by atoms with E-state index < -0.39 is 0 Å². The average molecular weight is 647 g/mol. The van der Waals surface area contributed by atoms with E-state index in [1.165, 1.54) is 27.5 Å². The molecule has 0 radical (unpaired) electrons. The van der Waals surface area contributed by atoms with Crippen molar-refractivity contribution in [1.82, 2.24) is 10.2 Å². The lowest BCUT2D eigenvalue weighted by atomic mass is 9.87. The summed E-state index contributed by atoms with van der Waals surface area (Å²) in [5.41, 5.74) is 3.67. The number of piperidine rings is 1. The number of hydrogen-bond donors (Lipinski definition) is 1. The molecule has 2 atom stereocenters. The molecule has 0 spiro atoms. The van der Waals surface area contributed by atoms with Gasteiger partial charge in [0.25, 0.3) is 0 Å². The Hall–Kier alpha value is -3.17. The number of morpholine rings is 1. The topological polar surface area (TPSA) is 61.4 Å². The fourth-order valence-corrected chi connectivity index (χ4v) is 6.09. The fourth-order valence-electron chi connectivity index (χ4n) is 6.09. The Morgan fingerprint density at radius 1 is 0.739 bits per heavy atom. The summed E-state index contributed by atoms with van der Waals surface area (Å²) in [4.78, 5) is 2.39. The zero-order valence-electron chi connectivity index (χ0n) is 26.6. The molecule has 6 rings (SSSR count). The minimum Gasteiger partial charge on any atom is -0.494 e. The Kier molecular flexibility index (Phi) is 13.6. The van der Waals surface area contributed by atoms with E-state index in [2.05, 4.69) is 83.0 Å². The lowest BCUT2D eigenvalue weighted by molar-refractivity contribution is 0.0106. The van der Waals surface area contributed by atoms with Gasteiger partial charge in [-0.25, -0.2) is 0 Å². The van der Waals surface area contributed by atoms with E-state index in [4.69, 9.17) is 23.7 Å². The monoisotopic (exact) mass is 646 g/mol. The largest absolute Gasteiger partial charge is 0.494 e. The molecule has 1 N–H and O–H groups in total. The van der Waals surface area contributed by atoms with Crippen LogP contribution in [0.3, 0.4) is 0 Å². The first kappa shape index (κ1) is 34.2. The van der Waals surface area contributed by atoms with Crippen molar-refractivity contribution in [2.24, 2.45) is 0 Å². The normalized spacial score (nSPS) is 18.6. The van der Waals surface area contributed by atoms with Gasteiger partial charge >= 0.3 is 0 Å². The molecular formula is C38H47ClN2O5. The van der Waals surface area contributed by atoms with Crippen LogP contribution in [0.1, 0.15) is 35.4 Å². The number of halogens is 1. The standard InChI is InChI=1S/C38H46N2O5.ClH/c1-2-5-30(6-3-1)28-42-20-4-21-43-35-12-10-33(11-13-35)37-15-16-39-27-38(37)45-29-31-7-8-32-9-14-36(26-34(32)25-31)44-24-19-40-17-22-41-23-18-40;/h1-3,5-14,25-26,37-39H,4,15-24,27-29H2;1H. The quantitative estimate of drug-likeness (QED) is 0.146. The van der Waals surface area contributed by atoms with Crippen LogP contribution >= 0.6 is 12.4 Å². The summed E-state index contributed by atoms with van der Waals surface area (Å²) in [5, 5.41) is 5.91. The van der Waals surface area contributed by atoms with Crippen LogP contribution in [0.2, 0.25) is 0 Å². The molecule has 0 aromatic heterocycles.